The van der Waals surface area contributed by atoms with Crippen LogP contribution in [-0.2, 0) is 0 Å². The highest BCUT2D eigenvalue weighted by atomic mass is 15.1. The first-order valence-electron chi connectivity index (χ1n) is 8.58. The lowest BCUT2D eigenvalue weighted by atomic mass is 9.72. The monoisotopic (exact) mass is 281 g/mol. The molecule has 0 spiro atoms. The molecule has 0 aromatic rings. The van der Waals surface area contributed by atoms with Crippen LogP contribution in [0.3, 0.4) is 0 Å². The van der Waals surface area contributed by atoms with Crippen LogP contribution in [0.2, 0.25) is 0 Å². The number of hydrogen-bond acceptors (Lipinski definition) is 3. The first-order chi connectivity index (χ1) is 9.45. The Morgan fingerprint density at radius 3 is 2.35 bits per heavy atom. The maximum atomic E-state index is 6.43. The van der Waals surface area contributed by atoms with Gasteiger partial charge in [-0.2, -0.15) is 0 Å². The Hall–Kier alpha value is -0.120. The van der Waals surface area contributed by atoms with E-state index in [2.05, 4.69) is 37.7 Å². The molecule has 0 bridgehead atoms. The lowest BCUT2D eigenvalue weighted by Gasteiger charge is -2.40. The van der Waals surface area contributed by atoms with Crippen molar-refractivity contribution in [1.82, 2.24) is 9.80 Å². The fraction of sp³-hybridized carbons (Fsp3) is 1.00. The minimum atomic E-state index is 0.411. The van der Waals surface area contributed by atoms with Gasteiger partial charge in [-0.3, -0.25) is 0 Å². The average Bonchev–Trinajstić information content (AvgIpc) is 2.36. The van der Waals surface area contributed by atoms with E-state index in [1.165, 1.54) is 51.9 Å². The minimum Gasteiger partial charge on any atom is -0.327 e. The molecule has 3 heteroatoms. The van der Waals surface area contributed by atoms with Gasteiger partial charge in [-0.25, -0.2) is 0 Å². The number of nitrogens with zero attached hydrogens (tertiary/aromatic N) is 2. The van der Waals surface area contributed by atoms with E-state index >= 15 is 0 Å². The first-order valence-corrected chi connectivity index (χ1v) is 8.58. The molecule has 0 aromatic carbocycles. The predicted octanol–water partition coefficient (Wildman–Crippen LogP) is 2.27. The van der Waals surface area contributed by atoms with Gasteiger partial charge in [0, 0.05) is 19.1 Å². The van der Waals surface area contributed by atoms with Crippen LogP contribution in [0, 0.1) is 23.7 Å². The number of rotatable bonds is 4. The van der Waals surface area contributed by atoms with E-state index in [4.69, 9.17) is 5.73 Å². The first kappa shape index (κ1) is 16.3. The van der Waals surface area contributed by atoms with Crippen LogP contribution in [0.15, 0.2) is 0 Å². The normalized spacial score (nSPS) is 37.5. The van der Waals surface area contributed by atoms with Crippen LogP contribution in [0.5, 0.6) is 0 Å². The number of piperidine rings is 1. The second-order valence-electron chi connectivity index (χ2n) is 7.85. The van der Waals surface area contributed by atoms with E-state index in [0.29, 0.717) is 12.0 Å². The lowest BCUT2D eigenvalue weighted by molar-refractivity contribution is 0.110. The van der Waals surface area contributed by atoms with E-state index in [1.54, 1.807) is 0 Å². The molecule has 1 saturated carbocycles. The second-order valence-corrected chi connectivity index (χ2v) is 7.85. The van der Waals surface area contributed by atoms with Gasteiger partial charge in [-0.05, 0) is 76.5 Å². The average molecular weight is 281 g/mol. The summed E-state index contributed by atoms with van der Waals surface area (Å²) < 4.78 is 0. The van der Waals surface area contributed by atoms with Gasteiger partial charge in [0.2, 0.25) is 0 Å². The van der Waals surface area contributed by atoms with Gasteiger partial charge in [0.1, 0.15) is 0 Å². The highest BCUT2D eigenvalue weighted by molar-refractivity contribution is 4.87. The van der Waals surface area contributed by atoms with Gasteiger partial charge in [-0.15, -0.1) is 0 Å². The van der Waals surface area contributed by atoms with Gasteiger partial charge >= 0.3 is 0 Å². The van der Waals surface area contributed by atoms with Crippen molar-refractivity contribution in [3.63, 3.8) is 0 Å². The summed E-state index contributed by atoms with van der Waals surface area (Å²) >= 11 is 0. The molecule has 2 N–H and O–H groups in total. The van der Waals surface area contributed by atoms with Crippen molar-refractivity contribution in [1.29, 1.82) is 0 Å². The summed E-state index contributed by atoms with van der Waals surface area (Å²) in [7, 11) is 4.54. The molecule has 1 saturated heterocycles. The zero-order chi connectivity index (χ0) is 14.7. The van der Waals surface area contributed by atoms with Crippen molar-refractivity contribution in [2.24, 2.45) is 29.4 Å². The molecular weight excluding hydrogens is 246 g/mol. The van der Waals surface area contributed by atoms with E-state index in [9.17, 15) is 0 Å². The third-order valence-electron chi connectivity index (χ3n) is 5.66. The summed E-state index contributed by atoms with van der Waals surface area (Å²) in [4.78, 5) is 5.02. The molecule has 0 amide bonds. The molecule has 4 atom stereocenters. The summed E-state index contributed by atoms with van der Waals surface area (Å²) in [5, 5.41) is 0. The highest BCUT2D eigenvalue weighted by Gasteiger charge is 2.32. The predicted molar refractivity (Wildman–Crippen MR) is 86.7 cm³/mol. The van der Waals surface area contributed by atoms with Crippen LogP contribution in [-0.4, -0.2) is 56.1 Å². The molecule has 1 aliphatic carbocycles. The van der Waals surface area contributed by atoms with Crippen LogP contribution in [0.25, 0.3) is 0 Å². The molecule has 2 aliphatic rings. The Morgan fingerprint density at radius 2 is 1.75 bits per heavy atom. The van der Waals surface area contributed by atoms with Crippen LogP contribution < -0.4 is 5.73 Å². The standard InChI is InChI=1S/C17H35N3/c1-13-9-14(2)16(17(18)10-13)12-20(4)11-15-5-7-19(3)8-6-15/h13-17H,5-12,18H2,1-4H3. The Kier molecular flexibility index (Phi) is 5.88. The van der Waals surface area contributed by atoms with Crippen molar-refractivity contribution in [3.8, 4) is 0 Å². The summed E-state index contributed by atoms with van der Waals surface area (Å²) in [6.45, 7) is 9.77. The molecular formula is C17H35N3. The van der Waals surface area contributed by atoms with Gasteiger partial charge in [-0.1, -0.05) is 13.8 Å². The zero-order valence-corrected chi connectivity index (χ0v) is 14.0. The van der Waals surface area contributed by atoms with Gasteiger partial charge < -0.3 is 15.5 Å². The number of nitrogens with two attached hydrogens (primary N) is 1. The van der Waals surface area contributed by atoms with Crippen LogP contribution in [0.4, 0.5) is 0 Å². The van der Waals surface area contributed by atoms with Crippen molar-refractivity contribution in [2.45, 2.75) is 45.6 Å². The molecule has 0 radical (unpaired) electrons. The summed E-state index contributed by atoms with van der Waals surface area (Å²) in [5.74, 6) is 3.19. The molecule has 2 fully saturated rings. The third kappa shape index (κ3) is 4.44. The van der Waals surface area contributed by atoms with Gasteiger partial charge in [0.05, 0.1) is 0 Å². The molecule has 20 heavy (non-hydrogen) atoms. The smallest absolute Gasteiger partial charge is 0.00844 e. The maximum Gasteiger partial charge on any atom is 0.00844 e. The van der Waals surface area contributed by atoms with E-state index in [0.717, 1.165) is 17.8 Å². The molecule has 4 unspecified atom stereocenters. The molecule has 2 rings (SSSR count). The van der Waals surface area contributed by atoms with Crippen molar-refractivity contribution in [2.75, 3.05) is 40.3 Å². The Bertz CT molecular complexity index is 274. The Balaban J connectivity index is 1.77. The fourth-order valence-corrected chi connectivity index (χ4v) is 4.40. The molecule has 0 aromatic heterocycles. The van der Waals surface area contributed by atoms with E-state index in [1.807, 2.05) is 0 Å². The summed E-state index contributed by atoms with van der Waals surface area (Å²) in [6.07, 6.45) is 5.31. The van der Waals surface area contributed by atoms with E-state index < -0.39 is 0 Å². The van der Waals surface area contributed by atoms with Gasteiger partial charge in [0.25, 0.3) is 0 Å². The minimum absolute atomic E-state index is 0.411. The largest absolute Gasteiger partial charge is 0.327 e. The molecule has 118 valence electrons. The number of likely N-dealkylation sites (tertiary alicyclic amines) is 1. The Labute approximate surface area is 125 Å². The topological polar surface area (TPSA) is 32.5 Å². The van der Waals surface area contributed by atoms with Crippen molar-refractivity contribution in [3.05, 3.63) is 0 Å². The molecule has 1 heterocycles. The lowest BCUT2D eigenvalue weighted by Crippen LogP contribution is -2.47. The quantitative estimate of drug-likeness (QED) is 0.858. The van der Waals surface area contributed by atoms with Gasteiger partial charge in [0.15, 0.2) is 0 Å². The maximum absolute atomic E-state index is 6.43. The fourth-order valence-electron chi connectivity index (χ4n) is 4.40. The second kappa shape index (κ2) is 7.24. The van der Waals surface area contributed by atoms with Crippen molar-refractivity contribution < 1.29 is 0 Å². The zero-order valence-electron chi connectivity index (χ0n) is 14.0. The van der Waals surface area contributed by atoms with Crippen molar-refractivity contribution >= 4 is 0 Å². The Morgan fingerprint density at radius 1 is 1.10 bits per heavy atom. The molecule has 1 aliphatic heterocycles. The summed E-state index contributed by atoms with van der Waals surface area (Å²) in [6, 6.07) is 0.411. The van der Waals surface area contributed by atoms with Crippen LogP contribution in [0.1, 0.15) is 39.5 Å². The van der Waals surface area contributed by atoms with E-state index in [-0.39, 0.29) is 0 Å². The highest BCUT2D eigenvalue weighted by Crippen LogP contribution is 2.33. The SMILES string of the molecule is CC1CC(C)C(CN(C)CC2CCN(C)CC2)C(N)C1. The summed E-state index contributed by atoms with van der Waals surface area (Å²) in [5.41, 5.74) is 6.43. The molecule has 3 nitrogen and oxygen atoms in total. The number of hydrogen-bond donors (Lipinski definition) is 1. The van der Waals surface area contributed by atoms with Crippen LogP contribution >= 0.6 is 0 Å². The third-order valence-corrected chi connectivity index (χ3v) is 5.66.